The molecule has 0 bridgehead atoms. The Morgan fingerprint density at radius 2 is 1.67 bits per heavy atom. The molecule has 5 heteroatoms. The highest BCUT2D eigenvalue weighted by Crippen LogP contribution is 2.20. The van der Waals surface area contributed by atoms with Crippen molar-refractivity contribution in [3.05, 3.63) is 78.2 Å². The van der Waals surface area contributed by atoms with E-state index in [1.807, 2.05) is 73.5 Å². The second-order valence-electron chi connectivity index (χ2n) is 5.42. The molecule has 0 aliphatic carbocycles. The molecule has 120 valence electrons. The number of hydrogen-bond donors (Lipinski definition) is 1. The lowest BCUT2D eigenvalue weighted by molar-refractivity contribution is 0.102. The summed E-state index contributed by atoms with van der Waals surface area (Å²) in [7, 11) is 1.91. The van der Waals surface area contributed by atoms with E-state index in [1.54, 1.807) is 6.20 Å². The Bertz CT molecular complexity index is 832. The molecule has 1 aromatic heterocycles. The van der Waals surface area contributed by atoms with Gasteiger partial charge in [-0.1, -0.05) is 36.4 Å². The van der Waals surface area contributed by atoms with Crippen molar-refractivity contribution in [3.8, 4) is 0 Å². The van der Waals surface area contributed by atoms with Crippen molar-refractivity contribution in [2.75, 3.05) is 17.3 Å². The fourth-order valence-electron chi connectivity index (χ4n) is 2.30. The van der Waals surface area contributed by atoms with Crippen LogP contribution in [0.4, 0.5) is 17.2 Å². The third-order valence-electron chi connectivity index (χ3n) is 3.75. The third-order valence-corrected chi connectivity index (χ3v) is 3.75. The maximum atomic E-state index is 12.3. The number of carbonyl (C=O) groups excluding carboxylic acids is 1. The zero-order chi connectivity index (χ0) is 16.9. The van der Waals surface area contributed by atoms with Gasteiger partial charge in [-0.25, -0.2) is 9.97 Å². The average molecular weight is 318 g/mol. The molecule has 0 unspecified atom stereocenters. The molecule has 3 aromatic rings. The highest BCUT2D eigenvalue weighted by atomic mass is 16.1. The smallest absolute Gasteiger partial charge is 0.275 e. The number of aryl methyl sites for hydroxylation is 1. The molecule has 0 aliphatic heterocycles. The fraction of sp³-hybridized carbons (Fsp3) is 0.105. The molecule has 0 saturated carbocycles. The van der Waals surface area contributed by atoms with E-state index in [4.69, 9.17) is 0 Å². The zero-order valence-electron chi connectivity index (χ0n) is 13.6. The molecule has 0 atom stereocenters. The van der Waals surface area contributed by atoms with Crippen molar-refractivity contribution in [1.82, 2.24) is 9.97 Å². The molecular weight excluding hydrogens is 300 g/mol. The number of benzene rings is 2. The van der Waals surface area contributed by atoms with E-state index in [0.29, 0.717) is 5.82 Å². The number of amides is 1. The van der Waals surface area contributed by atoms with Crippen LogP contribution in [-0.4, -0.2) is 22.9 Å². The number of rotatable bonds is 4. The normalized spacial score (nSPS) is 10.2. The van der Waals surface area contributed by atoms with Crippen LogP contribution in [0.3, 0.4) is 0 Å². The lowest BCUT2D eigenvalue weighted by Gasteiger charge is -2.17. The minimum Gasteiger partial charge on any atom is -0.328 e. The summed E-state index contributed by atoms with van der Waals surface area (Å²) >= 11 is 0. The first-order chi connectivity index (χ1) is 11.6. The predicted molar refractivity (Wildman–Crippen MR) is 95.7 cm³/mol. The molecule has 1 N–H and O–H groups in total. The van der Waals surface area contributed by atoms with Crippen LogP contribution in [-0.2, 0) is 0 Å². The highest BCUT2D eigenvalue weighted by Gasteiger charge is 2.11. The van der Waals surface area contributed by atoms with Gasteiger partial charge in [0.25, 0.3) is 5.91 Å². The Balaban J connectivity index is 1.75. The first-order valence-electron chi connectivity index (χ1n) is 7.63. The van der Waals surface area contributed by atoms with E-state index in [1.165, 1.54) is 6.20 Å². The summed E-state index contributed by atoms with van der Waals surface area (Å²) < 4.78 is 0. The number of nitrogens with zero attached hydrogens (tertiary/aromatic N) is 3. The van der Waals surface area contributed by atoms with Crippen molar-refractivity contribution in [2.24, 2.45) is 0 Å². The lowest BCUT2D eigenvalue weighted by atomic mass is 10.2. The summed E-state index contributed by atoms with van der Waals surface area (Å²) in [6.45, 7) is 1.94. The van der Waals surface area contributed by atoms with Gasteiger partial charge in [-0.3, -0.25) is 4.79 Å². The second-order valence-corrected chi connectivity index (χ2v) is 5.42. The Morgan fingerprint density at radius 3 is 2.33 bits per heavy atom. The molecule has 0 fully saturated rings. The fourth-order valence-corrected chi connectivity index (χ4v) is 2.30. The first-order valence-corrected chi connectivity index (χ1v) is 7.63. The largest absolute Gasteiger partial charge is 0.328 e. The Kier molecular flexibility index (Phi) is 4.52. The molecule has 2 aromatic carbocycles. The third kappa shape index (κ3) is 3.41. The number of aromatic nitrogens is 2. The molecule has 5 nitrogen and oxygen atoms in total. The van der Waals surface area contributed by atoms with Crippen LogP contribution in [0.15, 0.2) is 67.0 Å². The first kappa shape index (κ1) is 15.7. The van der Waals surface area contributed by atoms with E-state index in [2.05, 4.69) is 15.3 Å². The van der Waals surface area contributed by atoms with Crippen LogP contribution in [0, 0.1) is 6.92 Å². The molecule has 3 rings (SSSR count). The maximum absolute atomic E-state index is 12.3. The van der Waals surface area contributed by atoms with E-state index >= 15 is 0 Å². The number of hydrogen-bond acceptors (Lipinski definition) is 4. The standard InChI is InChI=1S/C19H18N4O/c1-14-8-6-7-11-16(14)22-19(24)17-12-21-18(13-20-17)23(2)15-9-4-3-5-10-15/h3-13H,1-2H3,(H,22,24). The van der Waals surface area contributed by atoms with Crippen LogP contribution >= 0.6 is 0 Å². The molecule has 0 saturated heterocycles. The molecule has 0 radical (unpaired) electrons. The van der Waals surface area contributed by atoms with Gasteiger partial charge in [-0.05, 0) is 30.7 Å². The average Bonchev–Trinajstić information content (AvgIpc) is 2.64. The minimum absolute atomic E-state index is 0.272. The van der Waals surface area contributed by atoms with Crippen LogP contribution in [0.5, 0.6) is 0 Å². The minimum atomic E-state index is -0.272. The summed E-state index contributed by atoms with van der Waals surface area (Å²) in [5.74, 6) is 0.402. The summed E-state index contributed by atoms with van der Waals surface area (Å²) in [6, 6.07) is 17.5. The van der Waals surface area contributed by atoms with E-state index in [9.17, 15) is 4.79 Å². The quantitative estimate of drug-likeness (QED) is 0.795. The van der Waals surface area contributed by atoms with Crippen molar-refractivity contribution >= 4 is 23.1 Å². The SMILES string of the molecule is Cc1ccccc1NC(=O)c1cnc(N(C)c2ccccc2)cn1. The van der Waals surface area contributed by atoms with Gasteiger partial charge in [0, 0.05) is 18.4 Å². The van der Waals surface area contributed by atoms with Gasteiger partial charge < -0.3 is 10.2 Å². The Labute approximate surface area is 141 Å². The van der Waals surface area contributed by atoms with Gasteiger partial charge in [-0.15, -0.1) is 0 Å². The van der Waals surface area contributed by atoms with Gasteiger partial charge >= 0.3 is 0 Å². The molecule has 0 spiro atoms. The van der Waals surface area contributed by atoms with Crippen molar-refractivity contribution in [2.45, 2.75) is 6.92 Å². The molecule has 1 amide bonds. The number of para-hydroxylation sites is 2. The highest BCUT2D eigenvalue weighted by molar-refractivity contribution is 6.03. The van der Waals surface area contributed by atoms with E-state index < -0.39 is 0 Å². The monoisotopic (exact) mass is 318 g/mol. The summed E-state index contributed by atoms with van der Waals surface area (Å²) in [5.41, 5.74) is 3.06. The summed E-state index contributed by atoms with van der Waals surface area (Å²) in [4.78, 5) is 22.8. The summed E-state index contributed by atoms with van der Waals surface area (Å²) in [5, 5.41) is 2.85. The lowest BCUT2D eigenvalue weighted by Crippen LogP contribution is -2.16. The molecule has 24 heavy (non-hydrogen) atoms. The molecule has 0 aliphatic rings. The van der Waals surface area contributed by atoms with Crippen molar-refractivity contribution < 1.29 is 4.79 Å². The summed E-state index contributed by atoms with van der Waals surface area (Å²) in [6.07, 6.45) is 3.09. The molecular formula is C19H18N4O. The van der Waals surface area contributed by atoms with Crippen molar-refractivity contribution in [3.63, 3.8) is 0 Å². The maximum Gasteiger partial charge on any atom is 0.275 e. The van der Waals surface area contributed by atoms with Gasteiger partial charge in [0.1, 0.15) is 5.69 Å². The Hall–Kier alpha value is -3.21. The van der Waals surface area contributed by atoms with E-state index in [-0.39, 0.29) is 11.6 Å². The number of carbonyl (C=O) groups is 1. The van der Waals surface area contributed by atoms with Crippen LogP contribution < -0.4 is 10.2 Å². The van der Waals surface area contributed by atoms with Crippen LogP contribution in [0.1, 0.15) is 16.1 Å². The van der Waals surface area contributed by atoms with Crippen LogP contribution in [0.25, 0.3) is 0 Å². The van der Waals surface area contributed by atoms with Gasteiger partial charge in [0.2, 0.25) is 0 Å². The zero-order valence-corrected chi connectivity index (χ0v) is 13.6. The van der Waals surface area contributed by atoms with Gasteiger partial charge in [0.05, 0.1) is 12.4 Å². The number of nitrogens with one attached hydrogen (secondary N) is 1. The Morgan fingerprint density at radius 1 is 0.958 bits per heavy atom. The van der Waals surface area contributed by atoms with E-state index in [0.717, 1.165) is 16.9 Å². The van der Waals surface area contributed by atoms with Crippen molar-refractivity contribution in [1.29, 1.82) is 0 Å². The number of anilines is 3. The van der Waals surface area contributed by atoms with Crippen LogP contribution in [0.2, 0.25) is 0 Å². The molecule has 1 heterocycles. The van der Waals surface area contributed by atoms with Gasteiger partial charge in [0.15, 0.2) is 5.82 Å². The second kappa shape index (κ2) is 6.91. The van der Waals surface area contributed by atoms with Gasteiger partial charge in [-0.2, -0.15) is 0 Å². The predicted octanol–water partition coefficient (Wildman–Crippen LogP) is 3.81. The topological polar surface area (TPSA) is 58.1 Å².